The molecule has 5 heteroatoms. The Balaban J connectivity index is 2.05. The van der Waals surface area contributed by atoms with Gasteiger partial charge < -0.3 is 10.3 Å². The van der Waals surface area contributed by atoms with Crippen LogP contribution in [-0.2, 0) is 5.41 Å². The lowest BCUT2D eigenvalue weighted by atomic mass is 9.80. The van der Waals surface area contributed by atoms with E-state index < -0.39 is 0 Å². The van der Waals surface area contributed by atoms with Crippen molar-refractivity contribution in [2.45, 2.75) is 25.2 Å². The standard InChI is InChI=1S/C12H15BrN4/c1-12(2-4-14-5-3-12)11-16-9-6-8(13)7-15-10(9)17-11/h6-7,14H,2-5H2,1H3,(H,15,16,17). The topological polar surface area (TPSA) is 53.6 Å². The second-order valence-corrected chi connectivity index (χ2v) is 5.84. The zero-order valence-electron chi connectivity index (χ0n) is 9.76. The molecular weight excluding hydrogens is 280 g/mol. The Kier molecular flexibility index (Phi) is 2.67. The Bertz CT molecular complexity index is 542. The van der Waals surface area contributed by atoms with Crippen LogP contribution in [0.15, 0.2) is 16.7 Å². The number of nitrogens with zero attached hydrogens (tertiary/aromatic N) is 2. The lowest BCUT2D eigenvalue weighted by molar-refractivity contribution is 0.321. The summed E-state index contributed by atoms with van der Waals surface area (Å²) in [7, 11) is 0. The Hall–Kier alpha value is -0.940. The van der Waals surface area contributed by atoms with Crippen LogP contribution in [0.5, 0.6) is 0 Å². The minimum atomic E-state index is 0.151. The normalized spacial score (nSPS) is 19.6. The number of aromatic amines is 1. The molecule has 3 rings (SSSR count). The van der Waals surface area contributed by atoms with Crippen molar-refractivity contribution in [1.82, 2.24) is 20.3 Å². The van der Waals surface area contributed by atoms with Crippen molar-refractivity contribution >= 4 is 27.1 Å². The highest BCUT2D eigenvalue weighted by molar-refractivity contribution is 9.10. The van der Waals surface area contributed by atoms with Crippen molar-refractivity contribution in [1.29, 1.82) is 0 Å². The van der Waals surface area contributed by atoms with Gasteiger partial charge in [-0.25, -0.2) is 9.97 Å². The van der Waals surface area contributed by atoms with Gasteiger partial charge in [0.05, 0.1) is 5.52 Å². The molecule has 2 N–H and O–H groups in total. The fourth-order valence-corrected chi connectivity index (χ4v) is 2.71. The van der Waals surface area contributed by atoms with Crippen LogP contribution in [0.2, 0.25) is 0 Å². The third-order valence-corrected chi connectivity index (χ3v) is 4.02. The number of fused-ring (bicyclic) bond motifs is 1. The molecule has 0 aromatic carbocycles. The summed E-state index contributed by atoms with van der Waals surface area (Å²) < 4.78 is 0.982. The molecule has 1 aliphatic heterocycles. The lowest BCUT2D eigenvalue weighted by Crippen LogP contribution is -2.38. The highest BCUT2D eigenvalue weighted by Gasteiger charge is 2.31. The molecule has 0 unspecified atom stereocenters. The van der Waals surface area contributed by atoms with Crippen LogP contribution >= 0.6 is 15.9 Å². The molecule has 3 heterocycles. The number of H-pyrrole nitrogens is 1. The van der Waals surface area contributed by atoms with E-state index in [-0.39, 0.29) is 5.41 Å². The number of hydrogen-bond acceptors (Lipinski definition) is 3. The smallest absolute Gasteiger partial charge is 0.177 e. The van der Waals surface area contributed by atoms with Crippen molar-refractivity contribution in [3.05, 3.63) is 22.6 Å². The minimum absolute atomic E-state index is 0.151. The largest absolute Gasteiger partial charge is 0.340 e. The predicted octanol–water partition coefficient (Wildman–Crippen LogP) is 2.36. The number of imidazole rings is 1. The zero-order valence-corrected chi connectivity index (χ0v) is 11.3. The van der Waals surface area contributed by atoms with Gasteiger partial charge in [0, 0.05) is 16.1 Å². The molecule has 0 amide bonds. The van der Waals surface area contributed by atoms with Gasteiger partial charge >= 0.3 is 0 Å². The van der Waals surface area contributed by atoms with Crippen LogP contribution in [0.25, 0.3) is 11.2 Å². The maximum absolute atomic E-state index is 4.63. The van der Waals surface area contributed by atoms with Crippen LogP contribution in [0, 0.1) is 0 Å². The quantitative estimate of drug-likeness (QED) is 0.849. The SMILES string of the molecule is CC1(c2nc3ncc(Br)cc3[nH]2)CCNCC1. The van der Waals surface area contributed by atoms with Crippen molar-refractivity contribution in [2.75, 3.05) is 13.1 Å². The molecule has 90 valence electrons. The summed E-state index contributed by atoms with van der Waals surface area (Å²) in [5.41, 5.74) is 1.97. The molecule has 0 saturated carbocycles. The average molecular weight is 295 g/mol. The average Bonchev–Trinajstić information content (AvgIpc) is 2.73. The van der Waals surface area contributed by atoms with Crippen molar-refractivity contribution in [3.8, 4) is 0 Å². The van der Waals surface area contributed by atoms with Gasteiger partial charge in [0.2, 0.25) is 0 Å². The van der Waals surface area contributed by atoms with Crippen LogP contribution in [-0.4, -0.2) is 28.0 Å². The Morgan fingerprint density at radius 1 is 1.35 bits per heavy atom. The van der Waals surface area contributed by atoms with E-state index in [4.69, 9.17) is 0 Å². The second kappa shape index (κ2) is 4.07. The maximum atomic E-state index is 4.63. The molecule has 0 radical (unpaired) electrons. The number of aromatic nitrogens is 3. The van der Waals surface area contributed by atoms with E-state index >= 15 is 0 Å². The van der Waals surface area contributed by atoms with Gasteiger partial charge in [-0.2, -0.15) is 0 Å². The van der Waals surface area contributed by atoms with Gasteiger partial charge in [-0.1, -0.05) is 6.92 Å². The summed E-state index contributed by atoms with van der Waals surface area (Å²) in [5.74, 6) is 1.07. The van der Waals surface area contributed by atoms with Gasteiger partial charge in [0.25, 0.3) is 0 Å². The molecule has 2 aromatic heterocycles. The van der Waals surface area contributed by atoms with Gasteiger partial charge in [0.15, 0.2) is 5.65 Å². The van der Waals surface area contributed by atoms with Crippen LogP contribution in [0.3, 0.4) is 0 Å². The molecule has 1 saturated heterocycles. The van der Waals surface area contributed by atoms with E-state index in [1.807, 2.05) is 6.07 Å². The number of nitrogens with one attached hydrogen (secondary N) is 2. The van der Waals surface area contributed by atoms with E-state index in [0.717, 1.165) is 47.4 Å². The van der Waals surface area contributed by atoms with Crippen molar-refractivity contribution in [3.63, 3.8) is 0 Å². The zero-order chi connectivity index (χ0) is 11.9. The number of halogens is 1. The van der Waals surface area contributed by atoms with Crippen LogP contribution < -0.4 is 5.32 Å². The van der Waals surface area contributed by atoms with E-state index in [1.165, 1.54) is 0 Å². The number of pyridine rings is 1. The minimum Gasteiger partial charge on any atom is -0.340 e. The van der Waals surface area contributed by atoms with E-state index in [2.05, 4.69) is 43.1 Å². The Morgan fingerprint density at radius 3 is 2.88 bits per heavy atom. The molecule has 1 aliphatic rings. The lowest BCUT2D eigenvalue weighted by Gasteiger charge is -2.31. The molecule has 0 atom stereocenters. The first-order valence-corrected chi connectivity index (χ1v) is 6.69. The number of hydrogen-bond donors (Lipinski definition) is 2. The molecule has 0 bridgehead atoms. The van der Waals surface area contributed by atoms with Gasteiger partial charge in [0.1, 0.15) is 5.82 Å². The van der Waals surface area contributed by atoms with Crippen molar-refractivity contribution in [2.24, 2.45) is 0 Å². The Morgan fingerprint density at radius 2 is 2.12 bits per heavy atom. The second-order valence-electron chi connectivity index (χ2n) is 4.92. The van der Waals surface area contributed by atoms with Gasteiger partial charge in [-0.3, -0.25) is 0 Å². The monoisotopic (exact) mass is 294 g/mol. The summed E-state index contributed by atoms with van der Waals surface area (Å²) in [4.78, 5) is 12.4. The summed E-state index contributed by atoms with van der Waals surface area (Å²) in [6, 6.07) is 2.03. The molecule has 1 fully saturated rings. The van der Waals surface area contributed by atoms with Crippen LogP contribution in [0.1, 0.15) is 25.6 Å². The third-order valence-electron chi connectivity index (χ3n) is 3.58. The van der Waals surface area contributed by atoms with E-state index in [9.17, 15) is 0 Å². The van der Waals surface area contributed by atoms with Crippen molar-refractivity contribution < 1.29 is 0 Å². The third kappa shape index (κ3) is 1.98. The number of piperidine rings is 1. The molecular formula is C12H15BrN4. The highest BCUT2D eigenvalue weighted by atomic mass is 79.9. The molecule has 4 nitrogen and oxygen atoms in total. The van der Waals surface area contributed by atoms with Gasteiger partial charge in [-0.05, 0) is 47.9 Å². The first-order valence-electron chi connectivity index (χ1n) is 5.90. The summed E-state index contributed by atoms with van der Waals surface area (Å²) in [5, 5.41) is 3.39. The van der Waals surface area contributed by atoms with Crippen LogP contribution in [0.4, 0.5) is 0 Å². The molecule has 0 spiro atoms. The highest BCUT2D eigenvalue weighted by Crippen LogP contribution is 2.32. The van der Waals surface area contributed by atoms with Gasteiger partial charge in [-0.15, -0.1) is 0 Å². The number of rotatable bonds is 1. The predicted molar refractivity (Wildman–Crippen MR) is 71.0 cm³/mol. The fourth-order valence-electron chi connectivity index (χ4n) is 2.38. The molecule has 17 heavy (non-hydrogen) atoms. The molecule has 0 aliphatic carbocycles. The van der Waals surface area contributed by atoms with E-state index in [0.29, 0.717) is 0 Å². The summed E-state index contributed by atoms with van der Waals surface area (Å²) >= 11 is 3.43. The first kappa shape index (κ1) is 11.2. The maximum Gasteiger partial charge on any atom is 0.177 e. The summed E-state index contributed by atoms with van der Waals surface area (Å²) in [6.45, 7) is 4.40. The fraction of sp³-hybridized carbons (Fsp3) is 0.500. The summed E-state index contributed by atoms with van der Waals surface area (Å²) in [6.07, 6.45) is 4.03. The molecule has 2 aromatic rings. The Labute approximate surface area is 108 Å². The van der Waals surface area contributed by atoms with E-state index in [1.54, 1.807) is 6.20 Å². The first-order chi connectivity index (χ1) is 8.17.